The first-order valence-electron chi connectivity index (χ1n) is 6.22. The number of ketones is 1. The number of hydrogen-bond acceptors (Lipinski definition) is 3. The van der Waals surface area contributed by atoms with Crippen molar-refractivity contribution in [2.45, 2.75) is 26.4 Å². The maximum atomic E-state index is 12.2. The van der Waals surface area contributed by atoms with E-state index in [0.29, 0.717) is 31.0 Å². The molecule has 1 saturated heterocycles. The number of amides is 1. The van der Waals surface area contributed by atoms with Crippen LogP contribution in [0, 0.1) is 0 Å². The number of ether oxygens (including phenoxy) is 1. The highest BCUT2D eigenvalue weighted by atomic mass is 16.5. The first kappa shape index (κ1) is 12.8. The van der Waals surface area contributed by atoms with E-state index in [9.17, 15) is 9.59 Å². The van der Waals surface area contributed by atoms with Crippen molar-refractivity contribution in [2.24, 2.45) is 0 Å². The zero-order valence-corrected chi connectivity index (χ0v) is 10.7. The summed E-state index contributed by atoms with van der Waals surface area (Å²) >= 11 is 0. The average Bonchev–Trinajstić information content (AvgIpc) is 2.87. The first-order valence-corrected chi connectivity index (χ1v) is 6.22. The number of aromatic nitrogens is 1. The molecule has 1 amide bonds. The molecule has 1 N–H and O–H groups in total. The minimum atomic E-state index is -0.0655. The van der Waals surface area contributed by atoms with Crippen LogP contribution >= 0.6 is 0 Å². The average molecular weight is 250 g/mol. The highest BCUT2D eigenvalue weighted by molar-refractivity contribution is 5.99. The fourth-order valence-corrected chi connectivity index (χ4v) is 2.04. The molecule has 2 heterocycles. The summed E-state index contributed by atoms with van der Waals surface area (Å²) in [6, 6.07) is 1.61. The van der Waals surface area contributed by atoms with E-state index in [1.54, 1.807) is 17.2 Å². The molecule has 0 radical (unpaired) electrons. The lowest BCUT2D eigenvalue weighted by molar-refractivity contribution is -0.0227. The fraction of sp³-hybridized carbons (Fsp3) is 0.538. The Morgan fingerprint density at radius 1 is 1.56 bits per heavy atom. The van der Waals surface area contributed by atoms with Gasteiger partial charge in [0.25, 0.3) is 5.91 Å². The molecule has 1 fully saturated rings. The highest BCUT2D eigenvalue weighted by Gasteiger charge is 2.24. The molecule has 1 atom stereocenters. The Kier molecular flexibility index (Phi) is 3.81. The molecule has 0 spiro atoms. The summed E-state index contributed by atoms with van der Waals surface area (Å²) in [7, 11) is 0. The molecule has 0 bridgehead atoms. The third-order valence-corrected chi connectivity index (χ3v) is 3.20. The smallest absolute Gasteiger partial charge is 0.270 e. The molecule has 1 unspecified atom stereocenters. The molecule has 1 aromatic heterocycles. The van der Waals surface area contributed by atoms with Gasteiger partial charge in [-0.1, -0.05) is 6.92 Å². The second-order valence-corrected chi connectivity index (χ2v) is 4.51. The van der Waals surface area contributed by atoms with E-state index in [-0.39, 0.29) is 17.8 Å². The van der Waals surface area contributed by atoms with Gasteiger partial charge in [-0.15, -0.1) is 0 Å². The maximum Gasteiger partial charge on any atom is 0.270 e. The number of carbonyl (C=O) groups excluding carboxylic acids is 2. The molecular weight excluding hydrogens is 232 g/mol. The Hall–Kier alpha value is -1.62. The van der Waals surface area contributed by atoms with Crippen molar-refractivity contribution in [1.82, 2.24) is 9.88 Å². The van der Waals surface area contributed by atoms with Gasteiger partial charge in [0.15, 0.2) is 5.78 Å². The van der Waals surface area contributed by atoms with Crippen molar-refractivity contribution in [1.29, 1.82) is 0 Å². The molecule has 98 valence electrons. The van der Waals surface area contributed by atoms with Gasteiger partial charge >= 0.3 is 0 Å². The lowest BCUT2D eigenvalue weighted by Crippen LogP contribution is -2.45. The van der Waals surface area contributed by atoms with Crippen molar-refractivity contribution in [2.75, 3.05) is 19.7 Å². The summed E-state index contributed by atoms with van der Waals surface area (Å²) in [4.78, 5) is 28.1. The number of morpholine rings is 1. The van der Waals surface area contributed by atoms with Crippen molar-refractivity contribution in [3.05, 3.63) is 23.5 Å². The third-order valence-electron chi connectivity index (χ3n) is 3.20. The van der Waals surface area contributed by atoms with Gasteiger partial charge in [-0.2, -0.15) is 0 Å². The zero-order valence-electron chi connectivity index (χ0n) is 10.7. The highest BCUT2D eigenvalue weighted by Crippen LogP contribution is 2.13. The molecule has 2 rings (SSSR count). The third kappa shape index (κ3) is 2.61. The van der Waals surface area contributed by atoms with Crippen molar-refractivity contribution >= 4 is 11.7 Å². The summed E-state index contributed by atoms with van der Waals surface area (Å²) in [6.45, 7) is 5.32. The van der Waals surface area contributed by atoms with Gasteiger partial charge in [0.05, 0.1) is 12.7 Å². The number of nitrogens with zero attached hydrogens (tertiary/aromatic N) is 1. The van der Waals surface area contributed by atoms with Gasteiger partial charge in [-0.05, 0) is 19.4 Å². The summed E-state index contributed by atoms with van der Waals surface area (Å²) < 4.78 is 5.53. The van der Waals surface area contributed by atoms with E-state index in [0.717, 1.165) is 6.42 Å². The van der Waals surface area contributed by atoms with Crippen LogP contribution in [0.3, 0.4) is 0 Å². The standard InChI is InChI=1S/C13H18N2O3/c1-3-11-8-15(4-5-18-11)13(17)12-6-10(7-14-12)9(2)16/h6-7,11,14H,3-5,8H2,1-2H3. The van der Waals surface area contributed by atoms with Crippen LogP contribution in [-0.2, 0) is 4.74 Å². The van der Waals surface area contributed by atoms with Crippen LogP contribution in [0.1, 0.15) is 41.1 Å². The van der Waals surface area contributed by atoms with Crippen molar-refractivity contribution in [3.63, 3.8) is 0 Å². The Morgan fingerprint density at radius 2 is 2.33 bits per heavy atom. The maximum absolute atomic E-state index is 12.2. The van der Waals surface area contributed by atoms with Gasteiger partial charge in [0.2, 0.25) is 0 Å². The molecule has 1 aliphatic rings. The SMILES string of the molecule is CCC1CN(C(=O)c2cc(C(C)=O)c[nH]2)CCO1. The minimum absolute atomic E-state index is 0.0429. The molecular formula is C13H18N2O3. The second-order valence-electron chi connectivity index (χ2n) is 4.51. The van der Waals surface area contributed by atoms with E-state index in [2.05, 4.69) is 4.98 Å². The van der Waals surface area contributed by atoms with E-state index in [1.807, 2.05) is 6.92 Å². The predicted octanol–water partition coefficient (Wildman–Crippen LogP) is 1.47. The molecule has 0 aromatic carbocycles. The molecule has 0 aliphatic carbocycles. The van der Waals surface area contributed by atoms with E-state index < -0.39 is 0 Å². The monoisotopic (exact) mass is 250 g/mol. The fourth-order valence-electron chi connectivity index (χ4n) is 2.04. The molecule has 18 heavy (non-hydrogen) atoms. The second kappa shape index (κ2) is 5.35. The van der Waals surface area contributed by atoms with Crippen LogP contribution in [0.5, 0.6) is 0 Å². The molecule has 5 heteroatoms. The summed E-state index contributed by atoms with van der Waals surface area (Å²) in [6.07, 6.45) is 2.59. The number of hydrogen-bond donors (Lipinski definition) is 1. The molecule has 1 aromatic rings. The number of rotatable bonds is 3. The molecule has 0 saturated carbocycles. The number of carbonyl (C=O) groups is 2. The Morgan fingerprint density at radius 3 is 2.94 bits per heavy atom. The van der Waals surface area contributed by atoms with Crippen LogP contribution in [-0.4, -0.2) is 47.4 Å². The Bertz CT molecular complexity index is 453. The van der Waals surface area contributed by atoms with Crippen LogP contribution in [0.25, 0.3) is 0 Å². The van der Waals surface area contributed by atoms with E-state index in [4.69, 9.17) is 4.74 Å². The van der Waals surface area contributed by atoms with Crippen LogP contribution in [0.15, 0.2) is 12.3 Å². The number of aromatic amines is 1. The van der Waals surface area contributed by atoms with E-state index >= 15 is 0 Å². The molecule has 5 nitrogen and oxygen atoms in total. The van der Waals surface area contributed by atoms with Gasteiger partial charge in [0, 0.05) is 24.8 Å². The summed E-state index contributed by atoms with van der Waals surface area (Å²) in [5.41, 5.74) is 1.01. The quantitative estimate of drug-likeness (QED) is 0.826. The van der Waals surface area contributed by atoms with Gasteiger partial charge < -0.3 is 14.6 Å². The molecule has 1 aliphatic heterocycles. The van der Waals surface area contributed by atoms with E-state index in [1.165, 1.54) is 6.92 Å². The van der Waals surface area contributed by atoms with Gasteiger partial charge in [-0.3, -0.25) is 9.59 Å². The topological polar surface area (TPSA) is 62.4 Å². The van der Waals surface area contributed by atoms with Gasteiger partial charge in [0.1, 0.15) is 5.69 Å². The number of Topliss-reactive ketones (excluding diaryl/α,β-unsaturated/α-hetero) is 1. The summed E-state index contributed by atoms with van der Waals surface area (Å²) in [5, 5.41) is 0. The normalized spacial score (nSPS) is 19.9. The van der Waals surface area contributed by atoms with Crippen LogP contribution in [0.4, 0.5) is 0 Å². The predicted molar refractivity (Wildman–Crippen MR) is 66.7 cm³/mol. The van der Waals surface area contributed by atoms with Gasteiger partial charge in [-0.25, -0.2) is 0 Å². The van der Waals surface area contributed by atoms with Crippen molar-refractivity contribution < 1.29 is 14.3 Å². The summed E-state index contributed by atoms with van der Waals surface area (Å²) in [5.74, 6) is -0.108. The number of H-pyrrole nitrogens is 1. The lowest BCUT2D eigenvalue weighted by atomic mass is 10.2. The minimum Gasteiger partial charge on any atom is -0.375 e. The lowest BCUT2D eigenvalue weighted by Gasteiger charge is -2.32. The number of nitrogens with one attached hydrogen (secondary N) is 1. The Labute approximate surface area is 106 Å². The first-order chi connectivity index (χ1) is 8.61. The van der Waals surface area contributed by atoms with Crippen LogP contribution in [0.2, 0.25) is 0 Å². The van der Waals surface area contributed by atoms with Crippen molar-refractivity contribution in [3.8, 4) is 0 Å². The van der Waals surface area contributed by atoms with Crippen LogP contribution < -0.4 is 0 Å². The zero-order chi connectivity index (χ0) is 13.1. The largest absolute Gasteiger partial charge is 0.375 e. The Balaban J connectivity index is 2.07.